The molecule has 12 heavy (non-hydrogen) atoms. The summed E-state index contributed by atoms with van der Waals surface area (Å²) in [6.45, 7) is 5.24. The van der Waals surface area contributed by atoms with Crippen LogP contribution in [0.4, 0.5) is 0 Å². The van der Waals surface area contributed by atoms with Gasteiger partial charge in [-0.3, -0.25) is 0 Å². The molecule has 1 aliphatic rings. The van der Waals surface area contributed by atoms with E-state index in [-0.39, 0.29) is 0 Å². The normalized spacial score (nSPS) is 33.2. The van der Waals surface area contributed by atoms with E-state index in [2.05, 4.69) is 20.8 Å². The Kier molecular flexibility index (Phi) is 4.00. The molecule has 0 spiro atoms. The van der Waals surface area contributed by atoms with Crippen LogP contribution in [0.15, 0.2) is 0 Å². The van der Waals surface area contributed by atoms with E-state index in [1.165, 1.54) is 0 Å². The molecule has 1 N–H and O–H groups in total. The number of likely N-dealkylation sites (tertiary alicyclic amines) is 1. The van der Waals surface area contributed by atoms with Gasteiger partial charge in [-0.05, 0) is 32.7 Å². The van der Waals surface area contributed by atoms with Gasteiger partial charge in [-0.1, -0.05) is 15.9 Å². The van der Waals surface area contributed by atoms with Gasteiger partial charge in [-0.25, -0.2) is 0 Å². The Bertz CT molecular complexity index is 138. The van der Waals surface area contributed by atoms with Gasteiger partial charge in [0.2, 0.25) is 0 Å². The Hall–Kier alpha value is 0.400. The highest BCUT2D eigenvalue weighted by Crippen LogP contribution is 2.21. The second-order valence-corrected chi connectivity index (χ2v) is 4.67. The SMILES string of the molecule is CC1(O)CCCN(CCBr)CC1. The predicted molar refractivity (Wildman–Crippen MR) is 54.7 cm³/mol. The van der Waals surface area contributed by atoms with Gasteiger partial charge in [-0.2, -0.15) is 0 Å². The molecule has 3 heteroatoms. The predicted octanol–water partition coefficient (Wildman–Crippen LogP) is 1.62. The zero-order valence-corrected chi connectivity index (χ0v) is 9.31. The fourth-order valence-corrected chi connectivity index (χ4v) is 2.16. The standard InChI is InChI=1S/C9H18BrNO/c1-9(12)3-2-6-11(7-4-9)8-5-10/h12H,2-8H2,1H3. The number of aliphatic hydroxyl groups is 1. The number of halogens is 1. The van der Waals surface area contributed by atoms with E-state index in [1.807, 2.05) is 6.92 Å². The van der Waals surface area contributed by atoms with Crippen LogP contribution in [0.25, 0.3) is 0 Å². The van der Waals surface area contributed by atoms with Gasteiger partial charge in [0, 0.05) is 18.4 Å². The summed E-state index contributed by atoms with van der Waals surface area (Å²) in [4.78, 5) is 2.41. The first-order valence-electron chi connectivity index (χ1n) is 4.65. The van der Waals surface area contributed by atoms with E-state index in [0.29, 0.717) is 0 Å². The van der Waals surface area contributed by atoms with Crippen molar-refractivity contribution in [1.82, 2.24) is 4.90 Å². The third-order valence-corrected chi connectivity index (χ3v) is 2.91. The summed E-state index contributed by atoms with van der Waals surface area (Å²) in [6.07, 6.45) is 2.99. The molecular weight excluding hydrogens is 218 g/mol. The first-order valence-corrected chi connectivity index (χ1v) is 5.77. The van der Waals surface area contributed by atoms with E-state index < -0.39 is 5.60 Å². The van der Waals surface area contributed by atoms with Crippen LogP contribution in [0.2, 0.25) is 0 Å². The average Bonchev–Trinajstić information content (AvgIpc) is 2.14. The highest BCUT2D eigenvalue weighted by molar-refractivity contribution is 9.09. The highest BCUT2D eigenvalue weighted by atomic mass is 79.9. The maximum Gasteiger partial charge on any atom is 0.0632 e. The van der Waals surface area contributed by atoms with Crippen molar-refractivity contribution in [2.75, 3.05) is 25.0 Å². The maximum absolute atomic E-state index is 9.80. The molecule has 0 amide bonds. The summed E-state index contributed by atoms with van der Waals surface area (Å²) >= 11 is 3.43. The van der Waals surface area contributed by atoms with Crippen LogP contribution in [0, 0.1) is 0 Å². The molecule has 0 aromatic heterocycles. The lowest BCUT2D eigenvalue weighted by molar-refractivity contribution is 0.0449. The number of alkyl halides is 1. The topological polar surface area (TPSA) is 23.5 Å². The van der Waals surface area contributed by atoms with Gasteiger partial charge in [0.05, 0.1) is 5.60 Å². The fraction of sp³-hybridized carbons (Fsp3) is 1.00. The molecule has 0 aromatic carbocycles. The lowest BCUT2D eigenvalue weighted by Gasteiger charge is -2.21. The van der Waals surface area contributed by atoms with Crippen LogP contribution >= 0.6 is 15.9 Å². The highest BCUT2D eigenvalue weighted by Gasteiger charge is 2.24. The molecule has 1 fully saturated rings. The quantitative estimate of drug-likeness (QED) is 0.736. The summed E-state index contributed by atoms with van der Waals surface area (Å²) < 4.78 is 0. The Labute approximate surface area is 83.1 Å². The molecule has 0 aliphatic carbocycles. The van der Waals surface area contributed by atoms with Crippen molar-refractivity contribution in [3.63, 3.8) is 0 Å². The number of nitrogens with zero attached hydrogens (tertiary/aromatic N) is 1. The zero-order chi connectivity index (χ0) is 9.03. The van der Waals surface area contributed by atoms with Gasteiger partial charge >= 0.3 is 0 Å². The summed E-state index contributed by atoms with van der Waals surface area (Å²) in [5.41, 5.74) is -0.416. The third kappa shape index (κ3) is 3.42. The van der Waals surface area contributed by atoms with Gasteiger partial charge in [-0.15, -0.1) is 0 Å². The van der Waals surface area contributed by atoms with Crippen molar-refractivity contribution in [1.29, 1.82) is 0 Å². The van der Waals surface area contributed by atoms with Gasteiger partial charge in [0.25, 0.3) is 0 Å². The van der Waals surface area contributed by atoms with E-state index in [0.717, 1.165) is 44.2 Å². The van der Waals surface area contributed by atoms with Crippen LogP contribution in [0.3, 0.4) is 0 Å². The smallest absolute Gasteiger partial charge is 0.0632 e. The molecule has 72 valence electrons. The molecule has 0 radical (unpaired) electrons. The van der Waals surface area contributed by atoms with Gasteiger partial charge in [0.1, 0.15) is 0 Å². The molecule has 0 saturated carbocycles. The van der Waals surface area contributed by atoms with Crippen LogP contribution in [-0.4, -0.2) is 40.6 Å². The van der Waals surface area contributed by atoms with Crippen molar-refractivity contribution >= 4 is 15.9 Å². The minimum atomic E-state index is -0.416. The monoisotopic (exact) mass is 235 g/mol. The second-order valence-electron chi connectivity index (χ2n) is 3.88. The molecule has 0 aromatic rings. The van der Waals surface area contributed by atoms with E-state index >= 15 is 0 Å². The molecule has 1 heterocycles. The molecule has 1 saturated heterocycles. The Morgan fingerprint density at radius 3 is 2.83 bits per heavy atom. The van der Waals surface area contributed by atoms with Crippen LogP contribution in [0.1, 0.15) is 26.2 Å². The van der Waals surface area contributed by atoms with Crippen LogP contribution in [-0.2, 0) is 0 Å². The van der Waals surface area contributed by atoms with Crippen molar-refractivity contribution in [2.24, 2.45) is 0 Å². The average molecular weight is 236 g/mol. The summed E-state index contributed by atoms with van der Waals surface area (Å²) in [5, 5.41) is 10.8. The van der Waals surface area contributed by atoms with Crippen molar-refractivity contribution in [2.45, 2.75) is 31.8 Å². The Balaban J connectivity index is 2.34. The van der Waals surface area contributed by atoms with Crippen molar-refractivity contribution < 1.29 is 5.11 Å². The third-order valence-electron chi connectivity index (χ3n) is 2.56. The molecule has 1 atom stereocenters. The fourth-order valence-electron chi connectivity index (χ4n) is 1.66. The van der Waals surface area contributed by atoms with Crippen LogP contribution < -0.4 is 0 Å². The van der Waals surface area contributed by atoms with Crippen molar-refractivity contribution in [3.8, 4) is 0 Å². The zero-order valence-electron chi connectivity index (χ0n) is 7.72. The lowest BCUT2D eigenvalue weighted by atomic mass is 9.98. The molecule has 1 rings (SSSR count). The largest absolute Gasteiger partial charge is 0.390 e. The van der Waals surface area contributed by atoms with E-state index in [4.69, 9.17) is 0 Å². The minimum Gasteiger partial charge on any atom is -0.390 e. The molecule has 1 aliphatic heterocycles. The van der Waals surface area contributed by atoms with E-state index in [9.17, 15) is 5.11 Å². The summed E-state index contributed by atoms with van der Waals surface area (Å²) in [5.74, 6) is 0. The maximum atomic E-state index is 9.80. The Morgan fingerprint density at radius 2 is 2.17 bits per heavy atom. The lowest BCUT2D eigenvalue weighted by Crippen LogP contribution is -2.29. The summed E-state index contributed by atoms with van der Waals surface area (Å²) in [7, 11) is 0. The molecule has 0 bridgehead atoms. The summed E-state index contributed by atoms with van der Waals surface area (Å²) in [6, 6.07) is 0. The Morgan fingerprint density at radius 1 is 1.42 bits per heavy atom. The number of hydrogen-bond acceptors (Lipinski definition) is 2. The first kappa shape index (κ1) is 10.5. The first-order chi connectivity index (χ1) is 5.64. The number of hydrogen-bond donors (Lipinski definition) is 1. The van der Waals surface area contributed by atoms with Gasteiger partial charge < -0.3 is 10.0 Å². The molecule has 2 nitrogen and oxygen atoms in total. The second kappa shape index (κ2) is 4.58. The minimum absolute atomic E-state index is 0.416. The number of rotatable bonds is 2. The van der Waals surface area contributed by atoms with Crippen molar-refractivity contribution in [3.05, 3.63) is 0 Å². The molecule has 1 unspecified atom stereocenters. The van der Waals surface area contributed by atoms with E-state index in [1.54, 1.807) is 0 Å². The molecular formula is C9H18BrNO. The van der Waals surface area contributed by atoms with Crippen LogP contribution in [0.5, 0.6) is 0 Å². The van der Waals surface area contributed by atoms with Gasteiger partial charge in [0.15, 0.2) is 0 Å².